The summed E-state index contributed by atoms with van der Waals surface area (Å²) in [5.41, 5.74) is -1.78. The number of unbranched alkanes of at least 4 members (excludes halogenated alkanes) is 12. The van der Waals surface area contributed by atoms with Crippen LogP contribution >= 0.6 is 0 Å². The number of carboxylic acids is 2. The molecule has 0 atom stereocenters. The van der Waals surface area contributed by atoms with E-state index in [0.717, 1.165) is 50.7 Å². The number of hydrogen-bond donors (Lipinski definition) is 2. The third kappa shape index (κ3) is 11.7. The fourth-order valence-electron chi connectivity index (χ4n) is 3.89. The lowest BCUT2D eigenvalue weighted by Crippen LogP contribution is -2.19. The van der Waals surface area contributed by atoms with Gasteiger partial charge in [0.15, 0.2) is 0 Å². The van der Waals surface area contributed by atoms with Gasteiger partial charge in [-0.05, 0) is 25.0 Å². The Bertz CT molecular complexity index is 781. The minimum atomic E-state index is -1.48. The molecule has 0 fully saturated rings. The van der Waals surface area contributed by atoms with Crippen molar-refractivity contribution >= 4 is 23.9 Å². The number of aromatic carboxylic acids is 2. The fourth-order valence-corrected chi connectivity index (χ4v) is 3.89. The molecule has 1 rings (SSSR count). The van der Waals surface area contributed by atoms with Crippen molar-refractivity contribution in [3.05, 3.63) is 34.4 Å². The molecule has 0 heterocycles. The summed E-state index contributed by atoms with van der Waals surface area (Å²) in [6.07, 6.45) is 14.4. The summed E-state index contributed by atoms with van der Waals surface area (Å²) in [4.78, 5) is 48.7. The van der Waals surface area contributed by atoms with Gasteiger partial charge in [-0.15, -0.1) is 0 Å². The molecule has 0 radical (unpaired) electrons. The first-order valence-corrected chi connectivity index (χ1v) is 13.3. The monoisotopic (exact) mass is 506 g/mol. The lowest BCUT2D eigenvalue weighted by atomic mass is 9.98. The van der Waals surface area contributed by atoms with Gasteiger partial charge in [-0.25, -0.2) is 19.2 Å². The first kappa shape index (κ1) is 31.1. The first-order valence-electron chi connectivity index (χ1n) is 13.3. The van der Waals surface area contributed by atoms with Gasteiger partial charge in [-0.3, -0.25) is 0 Å². The predicted molar refractivity (Wildman–Crippen MR) is 137 cm³/mol. The minimum absolute atomic E-state index is 0.115. The highest BCUT2D eigenvalue weighted by Gasteiger charge is 2.27. The van der Waals surface area contributed by atoms with E-state index in [2.05, 4.69) is 13.8 Å². The highest BCUT2D eigenvalue weighted by molar-refractivity contribution is 6.09. The van der Waals surface area contributed by atoms with Crippen LogP contribution in [-0.4, -0.2) is 47.3 Å². The molecular formula is C28H42O8. The smallest absolute Gasteiger partial charge is 0.339 e. The van der Waals surface area contributed by atoms with Gasteiger partial charge >= 0.3 is 23.9 Å². The molecule has 0 unspecified atom stereocenters. The highest BCUT2D eigenvalue weighted by atomic mass is 16.5. The molecule has 36 heavy (non-hydrogen) atoms. The maximum atomic E-state index is 12.6. The number of hydrogen-bond acceptors (Lipinski definition) is 6. The van der Waals surface area contributed by atoms with Crippen LogP contribution in [0.4, 0.5) is 0 Å². The van der Waals surface area contributed by atoms with Gasteiger partial charge in [0, 0.05) is 0 Å². The second kappa shape index (κ2) is 18.4. The molecule has 0 saturated heterocycles. The molecule has 0 saturated carbocycles. The van der Waals surface area contributed by atoms with Gasteiger partial charge in [-0.2, -0.15) is 0 Å². The zero-order valence-corrected chi connectivity index (χ0v) is 21.8. The molecule has 0 spiro atoms. The van der Waals surface area contributed by atoms with Gasteiger partial charge in [0.1, 0.15) is 0 Å². The molecule has 0 aliphatic carbocycles. The largest absolute Gasteiger partial charge is 0.478 e. The molecule has 2 N–H and O–H groups in total. The summed E-state index contributed by atoms with van der Waals surface area (Å²) >= 11 is 0. The molecule has 0 aliphatic heterocycles. The van der Waals surface area contributed by atoms with E-state index in [9.17, 15) is 29.4 Å². The Morgan fingerprint density at radius 3 is 1.17 bits per heavy atom. The van der Waals surface area contributed by atoms with Crippen molar-refractivity contribution in [3.8, 4) is 0 Å². The third-order valence-electron chi connectivity index (χ3n) is 6.02. The number of esters is 2. The number of carbonyl (C=O) groups is 4. The van der Waals surface area contributed by atoms with Crippen molar-refractivity contribution in [2.24, 2.45) is 0 Å². The van der Waals surface area contributed by atoms with Crippen LogP contribution in [-0.2, 0) is 9.47 Å². The summed E-state index contributed by atoms with van der Waals surface area (Å²) in [5, 5.41) is 19.0. The van der Waals surface area contributed by atoms with Crippen LogP contribution in [0.5, 0.6) is 0 Å². The van der Waals surface area contributed by atoms with Crippen molar-refractivity contribution in [1.82, 2.24) is 0 Å². The SMILES string of the molecule is CCCCCCCCCOC(=O)c1cc(C(=O)OCCCCCCCCC)c(C(=O)O)cc1C(=O)O. The van der Waals surface area contributed by atoms with Crippen LogP contribution < -0.4 is 0 Å². The minimum Gasteiger partial charge on any atom is -0.478 e. The average molecular weight is 507 g/mol. The normalized spacial score (nSPS) is 10.7. The number of rotatable bonds is 20. The number of carboxylic acid groups (broad SMARTS) is 2. The van der Waals surface area contributed by atoms with Crippen LogP contribution in [0, 0.1) is 0 Å². The van der Waals surface area contributed by atoms with Crippen molar-refractivity contribution in [1.29, 1.82) is 0 Å². The maximum Gasteiger partial charge on any atom is 0.339 e. The second-order valence-corrected chi connectivity index (χ2v) is 9.07. The molecule has 1 aromatic rings. The quantitative estimate of drug-likeness (QED) is 0.144. The van der Waals surface area contributed by atoms with Crippen LogP contribution in [0.25, 0.3) is 0 Å². The summed E-state index contributed by atoms with van der Waals surface area (Å²) < 4.78 is 10.5. The van der Waals surface area contributed by atoms with E-state index in [1.165, 1.54) is 38.5 Å². The Morgan fingerprint density at radius 2 is 0.833 bits per heavy atom. The van der Waals surface area contributed by atoms with Gasteiger partial charge in [0.2, 0.25) is 0 Å². The van der Waals surface area contributed by atoms with Gasteiger partial charge in [0.05, 0.1) is 35.5 Å². The number of benzene rings is 1. The molecule has 8 nitrogen and oxygen atoms in total. The molecule has 8 heteroatoms. The van der Waals surface area contributed by atoms with Crippen molar-refractivity contribution in [3.63, 3.8) is 0 Å². The topological polar surface area (TPSA) is 127 Å². The summed E-state index contributed by atoms with van der Waals surface area (Å²) in [6.45, 7) is 4.53. The van der Waals surface area contributed by atoms with Gasteiger partial charge in [-0.1, -0.05) is 90.9 Å². The van der Waals surface area contributed by atoms with Crippen LogP contribution in [0.3, 0.4) is 0 Å². The van der Waals surface area contributed by atoms with Crippen molar-refractivity contribution in [2.75, 3.05) is 13.2 Å². The zero-order chi connectivity index (χ0) is 26.8. The molecule has 0 aliphatic rings. The Morgan fingerprint density at radius 1 is 0.528 bits per heavy atom. The first-order chi connectivity index (χ1) is 17.3. The number of carbonyl (C=O) groups excluding carboxylic acids is 2. The summed E-state index contributed by atoms with van der Waals surface area (Å²) in [6, 6.07) is 1.78. The molecule has 1 aromatic carbocycles. The van der Waals surface area contributed by atoms with E-state index >= 15 is 0 Å². The van der Waals surface area contributed by atoms with Gasteiger partial charge < -0.3 is 19.7 Å². The lowest BCUT2D eigenvalue weighted by molar-refractivity contribution is 0.0479. The third-order valence-corrected chi connectivity index (χ3v) is 6.02. The van der Waals surface area contributed by atoms with Crippen LogP contribution in [0.2, 0.25) is 0 Å². The molecule has 0 amide bonds. The van der Waals surface area contributed by atoms with Crippen LogP contribution in [0.15, 0.2) is 12.1 Å². The Balaban J connectivity index is 2.78. The standard InChI is InChI=1S/C28H42O8/c1-3-5-7-9-11-13-15-17-35-27(33)23-20-24(22(26(31)32)19-21(23)25(29)30)28(34)36-18-16-14-12-10-8-6-4-2/h19-20H,3-18H2,1-2H3,(H,29,30)(H,31,32). The number of ether oxygens (including phenoxy) is 2. The molecule has 0 aromatic heterocycles. The van der Waals surface area contributed by atoms with E-state index in [-0.39, 0.29) is 24.3 Å². The van der Waals surface area contributed by atoms with E-state index in [1.54, 1.807) is 0 Å². The summed E-state index contributed by atoms with van der Waals surface area (Å²) in [5.74, 6) is -4.78. The maximum absolute atomic E-state index is 12.6. The fraction of sp³-hybridized carbons (Fsp3) is 0.643. The predicted octanol–water partition coefficient (Wildman–Crippen LogP) is 6.90. The van der Waals surface area contributed by atoms with Gasteiger partial charge in [0.25, 0.3) is 0 Å². The molecule has 202 valence electrons. The van der Waals surface area contributed by atoms with Crippen molar-refractivity contribution < 1.29 is 38.9 Å². The molecule has 0 bridgehead atoms. The zero-order valence-electron chi connectivity index (χ0n) is 21.8. The Hall–Kier alpha value is -2.90. The second-order valence-electron chi connectivity index (χ2n) is 9.07. The van der Waals surface area contributed by atoms with E-state index in [1.807, 2.05) is 0 Å². The lowest BCUT2D eigenvalue weighted by Gasteiger charge is -2.12. The summed E-state index contributed by atoms with van der Waals surface area (Å²) in [7, 11) is 0. The van der Waals surface area contributed by atoms with E-state index in [4.69, 9.17) is 9.47 Å². The Labute approximate surface area is 214 Å². The van der Waals surface area contributed by atoms with Crippen LogP contribution in [0.1, 0.15) is 145 Å². The highest BCUT2D eigenvalue weighted by Crippen LogP contribution is 2.21. The van der Waals surface area contributed by atoms with E-state index in [0.29, 0.717) is 12.8 Å². The van der Waals surface area contributed by atoms with Crippen molar-refractivity contribution in [2.45, 2.75) is 104 Å². The molecular weight excluding hydrogens is 464 g/mol. The average Bonchev–Trinajstić information content (AvgIpc) is 2.85. The van der Waals surface area contributed by atoms with E-state index < -0.39 is 35.0 Å². The Kier molecular flexibility index (Phi) is 15.9.